The smallest absolute Gasteiger partial charge is 0.146 e. The van der Waals surface area contributed by atoms with Crippen LogP contribution in [0.25, 0.3) is 11.0 Å². The summed E-state index contributed by atoms with van der Waals surface area (Å²) >= 11 is 0. The summed E-state index contributed by atoms with van der Waals surface area (Å²) in [5, 5.41) is 4.27. The normalized spacial score (nSPS) is 11.3. The average molecular weight is 255 g/mol. The minimum absolute atomic E-state index is 0.715. The van der Waals surface area contributed by atoms with Crippen LogP contribution in [-0.2, 0) is 13.1 Å². The topological polar surface area (TPSA) is 48.5 Å². The van der Waals surface area contributed by atoms with E-state index in [1.54, 1.807) is 6.33 Å². The lowest BCUT2D eigenvalue weighted by molar-refractivity contribution is 0.554. The van der Waals surface area contributed by atoms with Crippen molar-refractivity contribution in [2.24, 2.45) is 0 Å². The Balaban J connectivity index is 2.01. The standard InChI is InChI=1S/C14H17N5/c1-3-8-19-14(15-10-16-19)9-18-11(2)17-12-6-4-5-7-13(12)18/h4-7,10H,3,8-9H2,1-2H3. The Morgan fingerprint density at radius 2 is 2.05 bits per heavy atom. The number of para-hydroxylation sites is 2. The van der Waals surface area contributed by atoms with Gasteiger partial charge >= 0.3 is 0 Å². The molecule has 3 aromatic rings. The van der Waals surface area contributed by atoms with Gasteiger partial charge in [0.25, 0.3) is 0 Å². The van der Waals surface area contributed by atoms with Crippen LogP contribution in [-0.4, -0.2) is 24.3 Å². The van der Waals surface area contributed by atoms with Crippen LogP contribution in [0.15, 0.2) is 30.6 Å². The van der Waals surface area contributed by atoms with Crippen molar-refractivity contribution >= 4 is 11.0 Å². The molecular formula is C14H17N5. The van der Waals surface area contributed by atoms with Crippen molar-refractivity contribution in [2.45, 2.75) is 33.4 Å². The molecule has 2 heterocycles. The van der Waals surface area contributed by atoms with Gasteiger partial charge in [-0.05, 0) is 25.5 Å². The number of nitrogens with zero attached hydrogens (tertiary/aromatic N) is 5. The molecule has 0 aliphatic heterocycles. The second-order valence-electron chi connectivity index (χ2n) is 4.63. The van der Waals surface area contributed by atoms with Crippen molar-refractivity contribution in [1.82, 2.24) is 24.3 Å². The molecule has 0 saturated carbocycles. The molecule has 1 aromatic carbocycles. The van der Waals surface area contributed by atoms with Crippen molar-refractivity contribution in [1.29, 1.82) is 0 Å². The van der Waals surface area contributed by atoms with Gasteiger partial charge in [0.15, 0.2) is 0 Å². The third kappa shape index (κ3) is 2.12. The van der Waals surface area contributed by atoms with Gasteiger partial charge in [-0.2, -0.15) is 5.10 Å². The summed E-state index contributed by atoms with van der Waals surface area (Å²) in [6.45, 7) is 5.79. The van der Waals surface area contributed by atoms with Crippen molar-refractivity contribution in [3.63, 3.8) is 0 Å². The van der Waals surface area contributed by atoms with Crippen LogP contribution in [0.1, 0.15) is 25.0 Å². The van der Waals surface area contributed by atoms with E-state index in [9.17, 15) is 0 Å². The van der Waals surface area contributed by atoms with Gasteiger partial charge in [-0.15, -0.1) is 0 Å². The zero-order chi connectivity index (χ0) is 13.2. The van der Waals surface area contributed by atoms with E-state index < -0.39 is 0 Å². The Morgan fingerprint density at radius 1 is 1.21 bits per heavy atom. The Hall–Kier alpha value is -2.17. The predicted molar refractivity (Wildman–Crippen MR) is 73.9 cm³/mol. The summed E-state index contributed by atoms with van der Waals surface area (Å²) in [6, 6.07) is 8.18. The summed E-state index contributed by atoms with van der Waals surface area (Å²) in [5.74, 6) is 1.99. The number of aryl methyl sites for hydroxylation is 2. The number of aromatic nitrogens is 5. The fourth-order valence-corrected chi connectivity index (χ4v) is 2.35. The van der Waals surface area contributed by atoms with E-state index >= 15 is 0 Å². The molecule has 5 nitrogen and oxygen atoms in total. The molecule has 19 heavy (non-hydrogen) atoms. The lowest BCUT2D eigenvalue weighted by Crippen LogP contribution is -2.11. The molecule has 0 N–H and O–H groups in total. The molecule has 0 bridgehead atoms. The molecule has 98 valence electrons. The Labute approximate surface area is 111 Å². The SMILES string of the molecule is CCCn1ncnc1Cn1c(C)nc2ccccc21. The molecule has 2 aromatic heterocycles. The number of benzene rings is 1. The van der Waals surface area contributed by atoms with Crippen LogP contribution in [0.4, 0.5) is 0 Å². The zero-order valence-electron chi connectivity index (χ0n) is 11.2. The van der Waals surface area contributed by atoms with Crippen LogP contribution in [0.5, 0.6) is 0 Å². The van der Waals surface area contributed by atoms with Gasteiger partial charge in [0.05, 0.1) is 17.6 Å². The highest BCUT2D eigenvalue weighted by molar-refractivity contribution is 5.75. The van der Waals surface area contributed by atoms with E-state index in [4.69, 9.17) is 0 Å². The van der Waals surface area contributed by atoms with E-state index in [1.165, 1.54) is 0 Å². The first kappa shape index (κ1) is 11.9. The number of rotatable bonds is 4. The Kier molecular flexibility index (Phi) is 3.03. The van der Waals surface area contributed by atoms with Crippen molar-refractivity contribution in [2.75, 3.05) is 0 Å². The fourth-order valence-electron chi connectivity index (χ4n) is 2.35. The molecule has 3 rings (SSSR count). The second kappa shape index (κ2) is 4.84. The van der Waals surface area contributed by atoms with Gasteiger partial charge in [-0.1, -0.05) is 19.1 Å². The number of hydrogen-bond donors (Lipinski definition) is 0. The van der Waals surface area contributed by atoms with Crippen molar-refractivity contribution < 1.29 is 0 Å². The number of hydrogen-bond acceptors (Lipinski definition) is 3. The highest BCUT2D eigenvalue weighted by Crippen LogP contribution is 2.16. The molecule has 0 amide bonds. The highest BCUT2D eigenvalue weighted by Gasteiger charge is 2.10. The largest absolute Gasteiger partial charge is 0.320 e. The quantitative estimate of drug-likeness (QED) is 0.719. The first-order valence-electron chi connectivity index (χ1n) is 6.58. The first-order valence-corrected chi connectivity index (χ1v) is 6.58. The maximum Gasteiger partial charge on any atom is 0.146 e. The summed E-state index contributed by atoms with van der Waals surface area (Å²) < 4.78 is 4.15. The summed E-state index contributed by atoms with van der Waals surface area (Å²) in [5.41, 5.74) is 2.17. The molecule has 0 spiro atoms. The monoisotopic (exact) mass is 255 g/mol. The molecule has 0 saturated heterocycles. The van der Waals surface area contributed by atoms with Crippen molar-refractivity contribution in [3.8, 4) is 0 Å². The van der Waals surface area contributed by atoms with Gasteiger partial charge in [0.2, 0.25) is 0 Å². The van der Waals surface area contributed by atoms with Gasteiger partial charge in [-0.3, -0.25) is 0 Å². The van der Waals surface area contributed by atoms with Crippen LogP contribution in [0.2, 0.25) is 0 Å². The highest BCUT2D eigenvalue weighted by atomic mass is 15.3. The maximum absolute atomic E-state index is 4.57. The number of imidazole rings is 1. The van der Waals surface area contributed by atoms with E-state index in [0.29, 0.717) is 6.54 Å². The molecule has 5 heteroatoms. The molecule has 0 atom stereocenters. The van der Waals surface area contributed by atoms with Crippen LogP contribution < -0.4 is 0 Å². The van der Waals surface area contributed by atoms with Gasteiger partial charge in [-0.25, -0.2) is 14.6 Å². The van der Waals surface area contributed by atoms with Crippen LogP contribution in [0.3, 0.4) is 0 Å². The van der Waals surface area contributed by atoms with E-state index in [2.05, 4.69) is 32.6 Å². The first-order chi connectivity index (χ1) is 9.29. The van der Waals surface area contributed by atoms with Crippen LogP contribution in [0, 0.1) is 6.92 Å². The Bertz CT molecular complexity index is 695. The van der Waals surface area contributed by atoms with Gasteiger partial charge in [0.1, 0.15) is 18.0 Å². The fraction of sp³-hybridized carbons (Fsp3) is 0.357. The summed E-state index contributed by atoms with van der Waals surface area (Å²) in [7, 11) is 0. The lowest BCUT2D eigenvalue weighted by Gasteiger charge is -2.08. The average Bonchev–Trinajstić information content (AvgIpc) is 2.97. The third-order valence-electron chi connectivity index (χ3n) is 3.28. The molecule has 0 fully saturated rings. The number of fused-ring (bicyclic) bond motifs is 1. The Morgan fingerprint density at radius 3 is 2.89 bits per heavy atom. The molecular weight excluding hydrogens is 238 g/mol. The van der Waals surface area contributed by atoms with E-state index in [-0.39, 0.29) is 0 Å². The lowest BCUT2D eigenvalue weighted by atomic mass is 10.3. The zero-order valence-corrected chi connectivity index (χ0v) is 11.2. The minimum atomic E-state index is 0.715. The van der Waals surface area contributed by atoms with E-state index in [1.807, 2.05) is 29.8 Å². The second-order valence-corrected chi connectivity index (χ2v) is 4.63. The molecule has 0 unspecified atom stereocenters. The predicted octanol–water partition coefficient (Wildman–Crippen LogP) is 2.39. The molecule has 0 aliphatic rings. The van der Waals surface area contributed by atoms with Gasteiger partial charge < -0.3 is 4.57 Å². The molecule has 0 aliphatic carbocycles. The maximum atomic E-state index is 4.57. The minimum Gasteiger partial charge on any atom is -0.320 e. The van der Waals surface area contributed by atoms with E-state index in [0.717, 1.165) is 35.6 Å². The van der Waals surface area contributed by atoms with Crippen molar-refractivity contribution in [3.05, 3.63) is 42.2 Å². The summed E-state index contributed by atoms with van der Waals surface area (Å²) in [6.07, 6.45) is 2.68. The third-order valence-corrected chi connectivity index (χ3v) is 3.28. The van der Waals surface area contributed by atoms with Crippen LogP contribution >= 0.6 is 0 Å². The van der Waals surface area contributed by atoms with Gasteiger partial charge in [0, 0.05) is 6.54 Å². The summed E-state index contributed by atoms with van der Waals surface area (Å²) in [4.78, 5) is 8.94. The molecule has 0 radical (unpaired) electrons.